The molecule has 0 bridgehead atoms. The fraction of sp³-hybridized carbons (Fsp3) is 0.700. The normalized spacial score (nSPS) is 13.5. The highest BCUT2D eigenvalue weighted by atomic mass is 32.2. The summed E-state index contributed by atoms with van der Waals surface area (Å²) >= 11 is 1.50. The molecule has 0 saturated carbocycles. The second-order valence-corrected chi connectivity index (χ2v) is 4.73. The van der Waals surface area contributed by atoms with Gasteiger partial charge in [-0.25, -0.2) is 4.79 Å². The van der Waals surface area contributed by atoms with E-state index in [1.165, 1.54) is 18.7 Å². The zero-order valence-electron chi connectivity index (χ0n) is 10.4. The quantitative estimate of drug-likeness (QED) is 0.441. The summed E-state index contributed by atoms with van der Waals surface area (Å²) in [5, 5.41) is 13.5. The van der Waals surface area contributed by atoms with E-state index in [1.807, 2.05) is 6.26 Å². The minimum Gasteiger partial charge on any atom is -0.480 e. The summed E-state index contributed by atoms with van der Waals surface area (Å²) in [5.74, 6) is -1.46. The van der Waals surface area contributed by atoms with Gasteiger partial charge in [-0.3, -0.25) is 9.59 Å². The van der Waals surface area contributed by atoms with E-state index in [-0.39, 0.29) is 6.54 Å². The summed E-state index contributed by atoms with van der Waals surface area (Å²) in [6.07, 6.45) is 2.19. The van der Waals surface area contributed by atoms with Crippen molar-refractivity contribution in [2.24, 2.45) is 5.73 Å². The molecule has 104 valence electrons. The maximum Gasteiger partial charge on any atom is 0.326 e. The van der Waals surface area contributed by atoms with Gasteiger partial charge in [0.2, 0.25) is 11.8 Å². The zero-order valence-corrected chi connectivity index (χ0v) is 11.3. The summed E-state index contributed by atoms with van der Waals surface area (Å²) in [7, 11) is 0. The SMILES string of the molecule is CSCC[C@H](NC(=O)CNC(=O)[C@H](C)N)C(=O)O. The van der Waals surface area contributed by atoms with Crippen molar-refractivity contribution in [1.29, 1.82) is 0 Å². The number of nitrogens with one attached hydrogen (secondary N) is 2. The van der Waals surface area contributed by atoms with E-state index in [2.05, 4.69) is 10.6 Å². The maximum absolute atomic E-state index is 11.4. The number of thioether (sulfide) groups is 1. The number of carboxylic acid groups (broad SMARTS) is 1. The molecule has 0 rings (SSSR count). The fourth-order valence-electron chi connectivity index (χ4n) is 1.07. The van der Waals surface area contributed by atoms with Crippen LogP contribution in [-0.2, 0) is 14.4 Å². The molecule has 8 heteroatoms. The molecular formula is C10H19N3O4S. The second kappa shape index (κ2) is 8.76. The van der Waals surface area contributed by atoms with E-state index >= 15 is 0 Å². The number of carbonyl (C=O) groups excluding carboxylic acids is 2. The third-order valence-electron chi connectivity index (χ3n) is 2.08. The zero-order chi connectivity index (χ0) is 14.1. The molecule has 0 saturated heterocycles. The first-order valence-electron chi connectivity index (χ1n) is 5.42. The lowest BCUT2D eigenvalue weighted by atomic mass is 10.2. The van der Waals surface area contributed by atoms with Gasteiger partial charge in [0.05, 0.1) is 12.6 Å². The maximum atomic E-state index is 11.4. The predicted molar refractivity (Wildman–Crippen MR) is 69.2 cm³/mol. The largest absolute Gasteiger partial charge is 0.480 e. The van der Waals surface area contributed by atoms with E-state index in [0.717, 1.165) is 0 Å². The monoisotopic (exact) mass is 277 g/mol. The van der Waals surface area contributed by atoms with E-state index in [4.69, 9.17) is 10.8 Å². The number of carbonyl (C=O) groups is 3. The molecule has 0 unspecified atom stereocenters. The van der Waals surface area contributed by atoms with Crippen LogP contribution in [-0.4, -0.2) is 53.5 Å². The van der Waals surface area contributed by atoms with Crippen LogP contribution in [0.15, 0.2) is 0 Å². The lowest BCUT2D eigenvalue weighted by Crippen LogP contribution is -2.48. The van der Waals surface area contributed by atoms with Crippen LogP contribution in [0.5, 0.6) is 0 Å². The molecule has 2 atom stereocenters. The van der Waals surface area contributed by atoms with Gasteiger partial charge in [-0.2, -0.15) is 11.8 Å². The molecule has 0 aliphatic heterocycles. The van der Waals surface area contributed by atoms with Crippen molar-refractivity contribution in [2.45, 2.75) is 25.4 Å². The van der Waals surface area contributed by atoms with Gasteiger partial charge in [-0.1, -0.05) is 0 Å². The van der Waals surface area contributed by atoms with E-state index in [0.29, 0.717) is 12.2 Å². The molecule has 0 spiro atoms. The van der Waals surface area contributed by atoms with Crippen molar-refractivity contribution in [3.8, 4) is 0 Å². The van der Waals surface area contributed by atoms with Crippen LogP contribution in [0.3, 0.4) is 0 Å². The standard InChI is InChI=1S/C10H19N3O4S/c1-6(11)9(15)12-5-8(14)13-7(10(16)17)3-4-18-2/h6-7H,3-5,11H2,1-2H3,(H,12,15)(H,13,14)(H,16,17)/t6-,7-/m0/s1. The summed E-state index contributed by atoms with van der Waals surface area (Å²) in [6.45, 7) is 1.22. The molecule has 0 aromatic rings. The van der Waals surface area contributed by atoms with E-state index in [1.54, 1.807) is 0 Å². The number of carboxylic acids is 1. The van der Waals surface area contributed by atoms with Gasteiger partial charge in [0.1, 0.15) is 6.04 Å². The molecule has 0 aliphatic rings. The minimum absolute atomic E-state index is 0.274. The van der Waals surface area contributed by atoms with Crippen molar-refractivity contribution in [1.82, 2.24) is 10.6 Å². The van der Waals surface area contributed by atoms with Crippen LogP contribution in [0, 0.1) is 0 Å². The predicted octanol–water partition coefficient (Wildman–Crippen LogP) is -1.23. The molecule has 7 nitrogen and oxygen atoms in total. The lowest BCUT2D eigenvalue weighted by Gasteiger charge is -2.14. The summed E-state index contributed by atoms with van der Waals surface area (Å²) in [5.41, 5.74) is 5.30. The average molecular weight is 277 g/mol. The molecular weight excluding hydrogens is 258 g/mol. The van der Waals surface area contributed by atoms with Crippen LogP contribution in [0.2, 0.25) is 0 Å². The summed E-state index contributed by atoms with van der Waals surface area (Å²) in [6, 6.07) is -1.64. The molecule has 5 N–H and O–H groups in total. The number of nitrogens with two attached hydrogens (primary N) is 1. The van der Waals surface area contributed by atoms with Crippen LogP contribution in [0.25, 0.3) is 0 Å². The lowest BCUT2D eigenvalue weighted by molar-refractivity contribution is -0.141. The van der Waals surface area contributed by atoms with Crippen LogP contribution >= 0.6 is 11.8 Å². The van der Waals surface area contributed by atoms with Crippen molar-refractivity contribution < 1.29 is 19.5 Å². The first kappa shape index (κ1) is 16.7. The van der Waals surface area contributed by atoms with Gasteiger partial charge in [0.25, 0.3) is 0 Å². The molecule has 18 heavy (non-hydrogen) atoms. The van der Waals surface area contributed by atoms with Gasteiger partial charge >= 0.3 is 5.97 Å². The first-order valence-corrected chi connectivity index (χ1v) is 6.82. The van der Waals surface area contributed by atoms with Crippen LogP contribution in [0.1, 0.15) is 13.3 Å². The molecule has 0 heterocycles. The molecule has 0 fully saturated rings. The highest BCUT2D eigenvalue weighted by Gasteiger charge is 2.19. The Morgan fingerprint density at radius 2 is 2.00 bits per heavy atom. The number of amides is 2. The molecule has 2 amide bonds. The van der Waals surface area contributed by atoms with Crippen molar-refractivity contribution in [3.63, 3.8) is 0 Å². The smallest absolute Gasteiger partial charge is 0.326 e. The number of hydrogen-bond donors (Lipinski definition) is 4. The van der Waals surface area contributed by atoms with Gasteiger partial charge in [-0.05, 0) is 25.4 Å². The van der Waals surface area contributed by atoms with Crippen molar-refractivity contribution in [3.05, 3.63) is 0 Å². The Bertz CT molecular complexity index is 309. The van der Waals surface area contributed by atoms with E-state index in [9.17, 15) is 14.4 Å². The van der Waals surface area contributed by atoms with Gasteiger partial charge in [0, 0.05) is 0 Å². The number of aliphatic carboxylic acids is 1. The van der Waals surface area contributed by atoms with Gasteiger partial charge in [-0.15, -0.1) is 0 Å². The van der Waals surface area contributed by atoms with Gasteiger partial charge < -0.3 is 21.5 Å². The van der Waals surface area contributed by atoms with Crippen molar-refractivity contribution in [2.75, 3.05) is 18.6 Å². The Hall–Kier alpha value is -1.28. The summed E-state index contributed by atoms with van der Waals surface area (Å²) < 4.78 is 0. The average Bonchev–Trinajstić information content (AvgIpc) is 2.30. The fourth-order valence-corrected chi connectivity index (χ4v) is 1.54. The third kappa shape index (κ3) is 7.13. The van der Waals surface area contributed by atoms with Gasteiger partial charge in [0.15, 0.2) is 0 Å². The Labute approximate surface area is 110 Å². The molecule has 0 aromatic heterocycles. The van der Waals surface area contributed by atoms with Crippen LogP contribution in [0.4, 0.5) is 0 Å². The Balaban J connectivity index is 4.10. The molecule has 0 radical (unpaired) electrons. The Kier molecular flexibility index (Phi) is 8.14. The molecule has 0 aliphatic carbocycles. The Morgan fingerprint density at radius 3 is 2.44 bits per heavy atom. The summed E-state index contributed by atoms with van der Waals surface area (Å²) in [4.78, 5) is 33.4. The highest BCUT2D eigenvalue weighted by Crippen LogP contribution is 2.00. The Morgan fingerprint density at radius 1 is 1.39 bits per heavy atom. The van der Waals surface area contributed by atoms with E-state index < -0.39 is 29.9 Å². The minimum atomic E-state index is -1.09. The number of hydrogen-bond acceptors (Lipinski definition) is 5. The number of rotatable bonds is 8. The third-order valence-corrected chi connectivity index (χ3v) is 2.72. The van der Waals surface area contributed by atoms with Crippen LogP contribution < -0.4 is 16.4 Å². The first-order chi connectivity index (χ1) is 8.38. The second-order valence-electron chi connectivity index (χ2n) is 3.75. The highest BCUT2D eigenvalue weighted by molar-refractivity contribution is 7.98. The van der Waals surface area contributed by atoms with Crippen molar-refractivity contribution >= 4 is 29.5 Å². The topological polar surface area (TPSA) is 122 Å². The molecule has 0 aromatic carbocycles.